The number of nitrogens with one attached hydrogen (secondary N) is 6. The Morgan fingerprint density at radius 3 is 1.14 bits per heavy atom. The van der Waals surface area contributed by atoms with E-state index in [1.54, 1.807) is 81.6 Å². The monoisotopic (exact) mass is 1460 g/mol. The van der Waals surface area contributed by atoms with Crippen LogP contribution in [0.15, 0.2) is 45.3 Å². The molecule has 36 nitrogen and oxygen atoms in total. The van der Waals surface area contributed by atoms with E-state index in [9.17, 15) is 28.8 Å². The number of methoxy groups -OCH3 is 6. The Morgan fingerprint density at radius 1 is 0.447 bits per heavy atom. The maximum absolute atomic E-state index is 12.0. The molecule has 18 N–H and O–H groups in total. The number of carbonyl (C=O) groups excluding carboxylic acids is 6. The molecule has 0 saturated heterocycles. The zero-order valence-corrected chi connectivity index (χ0v) is 64.4. The average molecular weight is 1460 g/mol. The largest absolute Gasteiger partial charge is 0.377 e. The second kappa shape index (κ2) is 43.6. The van der Waals surface area contributed by atoms with Gasteiger partial charge in [-0.15, -0.1) is 0 Å². The van der Waals surface area contributed by atoms with Crippen LogP contribution in [0, 0.1) is 32.1 Å². The molecular weight excluding hydrogens is 1340 g/mol. The van der Waals surface area contributed by atoms with Crippen LogP contribution in [0.3, 0.4) is 0 Å². The summed E-state index contributed by atoms with van der Waals surface area (Å²) in [6, 6.07) is 4.50. The van der Waals surface area contributed by atoms with Gasteiger partial charge in [0.2, 0.25) is 0 Å². The maximum Gasteiger partial charge on any atom is 0.274 e. The summed E-state index contributed by atoms with van der Waals surface area (Å²) in [7, 11) is 9.30. The minimum absolute atomic E-state index is 0.136. The van der Waals surface area contributed by atoms with Gasteiger partial charge < -0.3 is 122 Å². The zero-order chi connectivity index (χ0) is 78.9. The molecule has 103 heavy (non-hydrogen) atoms. The summed E-state index contributed by atoms with van der Waals surface area (Å²) in [6.45, 7) is 36.1. The summed E-state index contributed by atoms with van der Waals surface area (Å²) in [5.41, 5.74) is 35.2. The van der Waals surface area contributed by atoms with Gasteiger partial charge in [-0.05, 0) is 121 Å². The molecule has 6 aromatic heterocycles. The molecular formula is C67H116N18O18. The topological polar surface area (TPSA) is 542 Å². The van der Waals surface area contributed by atoms with E-state index < -0.39 is 27.7 Å². The van der Waals surface area contributed by atoms with Crippen molar-refractivity contribution in [3.63, 3.8) is 0 Å². The Bertz CT molecular complexity index is 3510. The molecule has 0 aromatic carbocycles. The van der Waals surface area contributed by atoms with Gasteiger partial charge in [-0.2, -0.15) is 0 Å². The number of hydrogen-bond donors (Lipinski definition) is 12. The number of aromatic nitrogens is 6. The van der Waals surface area contributed by atoms with Gasteiger partial charge in [-0.3, -0.25) is 28.8 Å². The minimum Gasteiger partial charge on any atom is -0.377 e. The van der Waals surface area contributed by atoms with Gasteiger partial charge in [0.25, 0.3) is 35.4 Å². The molecule has 582 valence electrons. The highest BCUT2D eigenvalue weighted by Crippen LogP contribution is 2.21. The first kappa shape index (κ1) is 92.6. The summed E-state index contributed by atoms with van der Waals surface area (Å²) < 4.78 is 59.3. The average Bonchev–Trinajstić information content (AvgIpc) is 1.84. The highest BCUT2D eigenvalue weighted by atomic mass is 16.5. The van der Waals surface area contributed by atoms with E-state index in [1.165, 1.54) is 0 Å². The molecule has 0 spiro atoms. The van der Waals surface area contributed by atoms with Gasteiger partial charge >= 0.3 is 0 Å². The standard InChI is InChI=1S/2C12H21N3O3.3C11H19N3O3.C10H17N3O3/c1-11(2,13)12(3,4)14-10(16)9-6-8(7-17-5)18-15-9;1-8-9(5-17-4)18-15-10(8)11(16)14-7-12(2,3)6-13;1-7-8(5-16-4)17-14-9(7)10(15)13-6-11(2,3)12;1-7-8(5-16-4)17-14-9(7)10(15)13-11(2,3)6-12;1-7(11(2,3)12)13-10(15)9-5-8(6-16-4)17-14-9;1-7(4-11)5-12-10(14)9-3-8(6-15-2)16-13-9/h6H,7,13H2,1-5H3,(H,14,16);5-7,13H2,1-4H3,(H,14,16);2*5-6,12H2,1-4H3,(H,13,15);5,7H,6,12H2,1-4H3,(H,13,15);3,7H,4-6,11H2,1-2H3,(H,12,14). The molecule has 0 aliphatic heterocycles. The first-order valence-corrected chi connectivity index (χ1v) is 32.8. The highest BCUT2D eigenvalue weighted by Gasteiger charge is 2.36. The first-order valence-electron chi connectivity index (χ1n) is 32.8. The van der Waals surface area contributed by atoms with Crippen LogP contribution in [0.5, 0.6) is 0 Å². The Kier molecular flexibility index (Phi) is 39.2. The molecule has 0 aliphatic carbocycles. The Labute approximate surface area is 602 Å². The van der Waals surface area contributed by atoms with E-state index in [-0.39, 0.29) is 94.5 Å². The van der Waals surface area contributed by atoms with Crippen LogP contribution in [0.4, 0.5) is 0 Å². The molecule has 6 rings (SSSR count). The van der Waals surface area contributed by atoms with Crippen molar-refractivity contribution >= 4 is 35.4 Å². The molecule has 36 heteroatoms. The van der Waals surface area contributed by atoms with Crippen molar-refractivity contribution in [3.8, 4) is 0 Å². The summed E-state index contributed by atoms with van der Waals surface area (Å²) in [5, 5.41) is 38.9. The number of nitrogens with two attached hydrogens (primary N) is 6. The number of amides is 6. The van der Waals surface area contributed by atoms with Crippen LogP contribution < -0.4 is 66.3 Å². The van der Waals surface area contributed by atoms with Crippen LogP contribution >= 0.6 is 0 Å². The fraction of sp³-hybridized carbons (Fsp3) is 0.642. The van der Waals surface area contributed by atoms with E-state index in [1.807, 2.05) is 96.9 Å². The number of hydrogen-bond acceptors (Lipinski definition) is 30. The summed E-state index contributed by atoms with van der Waals surface area (Å²) >= 11 is 0. The Balaban J connectivity index is 0.000000618. The molecule has 0 radical (unpaired) electrons. The van der Waals surface area contributed by atoms with Crippen molar-refractivity contribution in [3.05, 3.63) is 104 Å². The fourth-order valence-electron chi connectivity index (χ4n) is 7.12. The van der Waals surface area contributed by atoms with Crippen molar-refractivity contribution in [2.24, 2.45) is 45.7 Å². The second-order valence-corrected chi connectivity index (χ2v) is 28.0. The van der Waals surface area contributed by atoms with E-state index in [2.05, 4.69) is 62.8 Å². The van der Waals surface area contributed by atoms with Crippen LogP contribution in [0.1, 0.15) is 211 Å². The van der Waals surface area contributed by atoms with Gasteiger partial charge in [0, 0.05) is 132 Å². The van der Waals surface area contributed by atoms with Crippen molar-refractivity contribution in [2.45, 2.75) is 191 Å². The van der Waals surface area contributed by atoms with Gasteiger partial charge in [0.15, 0.2) is 68.7 Å². The molecule has 6 amide bonds. The van der Waals surface area contributed by atoms with Crippen LogP contribution in [-0.4, -0.2) is 182 Å². The summed E-state index contributed by atoms with van der Waals surface area (Å²) in [4.78, 5) is 71.0. The number of rotatable bonds is 32. The predicted molar refractivity (Wildman–Crippen MR) is 379 cm³/mol. The lowest BCUT2D eigenvalue weighted by Gasteiger charge is -2.38. The second-order valence-electron chi connectivity index (χ2n) is 28.0. The third-order valence-electron chi connectivity index (χ3n) is 15.2. The van der Waals surface area contributed by atoms with Crippen LogP contribution in [0.25, 0.3) is 0 Å². The van der Waals surface area contributed by atoms with Crippen molar-refractivity contribution in [1.29, 1.82) is 0 Å². The molecule has 2 atom stereocenters. The lowest BCUT2D eigenvalue weighted by atomic mass is 9.83. The first-order chi connectivity index (χ1) is 47.8. The Hall–Kier alpha value is -8.40. The third kappa shape index (κ3) is 33.3. The van der Waals surface area contributed by atoms with Crippen molar-refractivity contribution in [1.82, 2.24) is 62.8 Å². The molecule has 6 aromatic rings. The molecule has 6 heterocycles. The Morgan fingerprint density at radius 2 is 0.806 bits per heavy atom. The molecule has 0 fully saturated rings. The van der Waals surface area contributed by atoms with Crippen molar-refractivity contribution < 1.29 is 84.3 Å². The molecule has 0 saturated carbocycles. The van der Waals surface area contributed by atoms with Gasteiger partial charge in [-0.25, -0.2) is 0 Å². The predicted octanol–water partition coefficient (Wildman–Crippen LogP) is 3.93. The van der Waals surface area contributed by atoms with E-state index in [4.69, 9.17) is 90.0 Å². The number of nitrogens with zero attached hydrogens (tertiary/aromatic N) is 6. The lowest BCUT2D eigenvalue weighted by molar-refractivity contribution is 0.0861. The highest BCUT2D eigenvalue weighted by molar-refractivity contribution is 5.96. The fourth-order valence-corrected chi connectivity index (χ4v) is 7.12. The molecule has 0 bridgehead atoms. The van der Waals surface area contributed by atoms with Crippen LogP contribution in [0.2, 0.25) is 0 Å². The zero-order valence-electron chi connectivity index (χ0n) is 64.4. The molecule has 2 unspecified atom stereocenters. The number of carbonyl (C=O) groups is 6. The van der Waals surface area contributed by atoms with Gasteiger partial charge in [0.05, 0.1) is 5.54 Å². The van der Waals surface area contributed by atoms with Crippen molar-refractivity contribution in [2.75, 3.05) is 81.9 Å². The third-order valence-corrected chi connectivity index (χ3v) is 15.2. The minimum atomic E-state index is -0.565. The maximum atomic E-state index is 12.0. The van der Waals surface area contributed by atoms with E-state index in [0.29, 0.717) is 123 Å². The van der Waals surface area contributed by atoms with Gasteiger partial charge in [-0.1, -0.05) is 51.7 Å². The smallest absolute Gasteiger partial charge is 0.274 e. The summed E-state index contributed by atoms with van der Waals surface area (Å²) in [5.74, 6) is 1.78. The van der Waals surface area contributed by atoms with Crippen LogP contribution in [-0.2, 0) is 68.1 Å². The normalized spacial score (nSPS) is 12.2. The lowest BCUT2D eigenvalue weighted by Crippen LogP contribution is -2.62. The summed E-state index contributed by atoms with van der Waals surface area (Å²) in [6.07, 6.45) is 0. The number of ether oxygens (including phenoxy) is 6. The SMILES string of the molecule is COCc1cc(C(=O)NC(C)(C)C(C)(C)N)no1.COCc1cc(C(=O)NC(C)C(C)(C)N)no1.COCc1cc(C(=O)NCC(C)CN)no1.COCc1onc(C(=O)NC(C)(C)CN)c1C.COCc1onc(C(=O)NCC(C)(C)CN)c1C.COCc1onc(C(=O)NCC(C)(C)N)c1C. The van der Waals surface area contributed by atoms with Gasteiger partial charge in [0.1, 0.15) is 39.6 Å². The van der Waals surface area contributed by atoms with E-state index in [0.717, 1.165) is 0 Å². The molecule has 0 aliphatic rings. The van der Waals surface area contributed by atoms with E-state index >= 15 is 0 Å². The quantitative estimate of drug-likeness (QED) is 0.0285.